The maximum Gasteiger partial charge on any atom is 0.291 e. The van der Waals surface area contributed by atoms with Gasteiger partial charge >= 0.3 is 0 Å². The van der Waals surface area contributed by atoms with Gasteiger partial charge in [-0.1, -0.05) is 23.2 Å². The van der Waals surface area contributed by atoms with Crippen LogP contribution in [0.4, 0.5) is 5.69 Å². The summed E-state index contributed by atoms with van der Waals surface area (Å²) in [6.07, 6.45) is 0.272. The van der Waals surface area contributed by atoms with E-state index >= 15 is 0 Å². The van der Waals surface area contributed by atoms with Crippen LogP contribution in [-0.2, 0) is 16.4 Å². The van der Waals surface area contributed by atoms with E-state index in [1.165, 1.54) is 27.4 Å². The smallest absolute Gasteiger partial charge is 0.291 e. The fraction of sp³-hybridized carbons (Fsp3) is 0.190. The van der Waals surface area contributed by atoms with Crippen molar-refractivity contribution in [1.82, 2.24) is 0 Å². The van der Waals surface area contributed by atoms with Crippen molar-refractivity contribution in [2.45, 2.75) is 11.3 Å². The number of ether oxygens (including phenoxy) is 3. The highest BCUT2D eigenvalue weighted by atomic mass is 35.5. The molecule has 0 spiro atoms. The lowest BCUT2D eigenvalue weighted by Gasteiger charge is -2.14. The molecule has 1 heterocycles. The van der Waals surface area contributed by atoms with E-state index in [1.54, 1.807) is 18.2 Å². The number of anilines is 1. The van der Waals surface area contributed by atoms with Crippen molar-refractivity contribution in [2.75, 3.05) is 26.6 Å². The molecular formula is C21H20Cl2N2O7S. The maximum atomic E-state index is 12.7. The first-order valence-electron chi connectivity index (χ1n) is 9.28. The highest BCUT2D eigenvalue weighted by Crippen LogP contribution is 2.36. The van der Waals surface area contributed by atoms with Crippen molar-refractivity contribution in [3.05, 3.63) is 63.5 Å². The molecule has 3 N–H and O–H groups in total. The number of carbonyl (C=O) groups is 1. The van der Waals surface area contributed by atoms with Crippen molar-refractivity contribution in [1.29, 1.82) is 0 Å². The van der Waals surface area contributed by atoms with Gasteiger partial charge in [-0.3, -0.25) is 4.79 Å². The molecule has 33 heavy (non-hydrogen) atoms. The molecule has 12 heteroatoms. The molecule has 3 aromatic rings. The molecule has 1 aromatic heterocycles. The Morgan fingerprint density at radius 3 is 2.06 bits per heavy atom. The molecule has 3 rings (SSSR count). The van der Waals surface area contributed by atoms with Gasteiger partial charge in [0.25, 0.3) is 5.91 Å². The molecule has 0 bridgehead atoms. The van der Waals surface area contributed by atoms with Gasteiger partial charge in [-0.25, -0.2) is 13.6 Å². The second-order valence-corrected chi connectivity index (χ2v) is 9.09. The summed E-state index contributed by atoms with van der Waals surface area (Å²) in [7, 11) is 0.560. The van der Waals surface area contributed by atoms with E-state index in [0.717, 1.165) is 12.1 Å². The fourth-order valence-electron chi connectivity index (χ4n) is 3.03. The number of nitrogens with two attached hydrogens (primary N) is 1. The molecule has 9 nitrogen and oxygen atoms in total. The Labute approximate surface area is 200 Å². The molecule has 0 fully saturated rings. The Balaban J connectivity index is 1.84. The van der Waals surface area contributed by atoms with Crippen LogP contribution in [0.3, 0.4) is 0 Å². The number of hydrogen-bond acceptors (Lipinski definition) is 7. The third-order valence-electron chi connectivity index (χ3n) is 4.64. The summed E-state index contributed by atoms with van der Waals surface area (Å²) in [6.45, 7) is 0. The Bertz CT molecular complexity index is 1260. The molecule has 0 aliphatic rings. The second kappa shape index (κ2) is 9.92. The Morgan fingerprint density at radius 2 is 1.58 bits per heavy atom. The third-order valence-corrected chi connectivity index (χ3v) is 6.13. The van der Waals surface area contributed by atoms with Gasteiger partial charge in [0.1, 0.15) is 23.0 Å². The first-order valence-corrected chi connectivity index (χ1v) is 11.6. The largest absolute Gasteiger partial charge is 0.496 e. The number of primary sulfonamides is 1. The number of sulfonamides is 1. The zero-order valence-electron chi connectivity index (χ0n) is 17.8. The summed E-state index contributed by atoms with van der Waals surface area (Å²) < 4.78 is 44.8. The normalized spacial score (nSPS) is 11.2. The predicted octanol–water partition coefficient (Wildman–Crippen LogP) is 4.10. The molecule has 0 saturated heterocycles. The number of furan rings is 1. The molecule has 176 valence electrons. The van der Waals surface area contributed by atoms with Crippen LogP contribution in [0.1, 0.15) is 21.9 Å². The first kappa shape index (κ1) is 24.7. The molecule has 2 aromatic carbocycles. The lowest BCUT2D eigenvalue weighted by atomic mass is 10.1. The van der Waals surface area contributed by atoms with Crippen molar-refractivity contribution in [3.63, 3.8) is 0 Å². The molecule has 0 aliphatic heterocycles. The van der Waals surface area contributed by atoms with E-state index in [4.69, 9.17) is 47.0 Å². The second-order valence-electron chi connectivity index (χ2n) is 6.71. The van der Waals surface area contributed by atoms with Crippen LogP contribution >= 0.6 is 23.2 Å². The van der Waals surface area contributed by atoms with E-state index in [0.29, 0.717) is 28.6 Å². The van der Waals surface area contributed by atoms with Crippen LogP contribution in [0.25, 0.3) is 0 Å². The summed E-state index contributed by atoms with van der Waals surface area (Å²) in [4.78, 5) is 12.4. The highest BCUT2D eigenvalue weighted by Gasteiger charge is 2.20. The summed E-state index contributed by atoms with van der Waals surface area (Å²) in [5.74, 6) is 1.43. The SMILES string of the molecule is COc1cc(OC)c(Cc2ccc(C(=O)Nc3c(Cl)cc(S(N)(=O)=O)cc3Cl)o2)c(OC)c1. The van der Waals surface area contributed by atoms with E-state index < -0.39 is 15.9 Å². The zero-order chi connectivity index (χ0) is 24.3. The van der Waals surface area contributed by atoms with Gasteiger partial charge in [-0.05, 0) is 24.3 Å². The van der Waals surface area contributed by atoms with E-state index in [1.807, 2.05) is 0 Å². The minimum Gasteiger partial charge on any atom is -0.496 e. The van der Waals surface area contributed by atoms with Crippen LogP contribution in [0.2, 0.25) is 10.0 Å². The standard InChI is InChI=1S/C21H20Cl2N2O7S/c1-29-12-7-18(30-2)14(19(8-12)31-3)6-11-4-5-17(32-11)21(26)25-20-15(22)9-13(10-16(20)23)33(24,27)28/h4-5,7-10H,6H2,1-3H3,(H,25,26)(H2,24,27,28). The topological polar surface area (TPSA) is 130 Å². The quantitative estimate of drug-likeness (QED) is 0.462. The number of hydrogen-bond donors (Lipinski definition) is 2. The number of benzene rings is 2. The Hall–Kier alpha value is -2.92. The molecule has 0 unspecified atom stereocenters. The lowest BCUT2D eigenvalue weighted by molar-refractivity contribution is 0.0995. The molecule has 1 amide bonds. The van der Waals surface area contributed by atoms with Gasteiger partial charge in [0, 0.05) is 24.1 Å². The monoisotopic (exact) mass is 514 g/mol. The summed E-state index contributed by atoms with van der Waals surface area (Å²) in [5.41, 5.74) is 0.721. The van der Waals surface area contributed by atoms with Crippen LogP contribution in [0.15, 0.2) is 45.7 Å². The van der Waals surface area contributed by atoms with E-state index in [2.05, 4.69) is 5.32 Å². The van der Waals surface area contributed by atoms with E-state index in [-0.39, 0.29) is 32.8 Å². The van der Waals surface area contributed by atoms with Crippen molar-refractivity contribution < 1.29 is 31.8 Å². The van der Waals surface area contributed by atoms with Gasteiger partial charge in [0.15, 0.2) is 5.76 Å². The third kappa shape index (κ3) is 5.53. The van der Waals surface area contributed by atoms with Crippen LogP contribution in [0.5, 0.6) is 17.2 Å². The summed E-state index contributed by atoms with van der Waals surface area (Å²) in [5, 5.41) is 7.41. The predicted molar refractivity (Wildman–Crippen MR) is 123 cm³/mol. The average molecular weight is 515 g/mol. The summed E-state index contributed by atoms with van der Waals surface area (Å²) >= 11 is 12.2. The van der Waals surface area contributed by atoms with Crippen LogP contribution in [-0.4, -0.2) is 35.7 Å². The van der Waals surface area contributed by atoms with Gasteiger partial charge in [0.05, 0.1) is 42.0 Å². The van der Waals surface area contributed by atoms with Crippen molar-refractivity contribution in [3.8, 4) is 17.2 Å². The summed E-state index contributed by atoms with van der Waals surface area (Å²) in [6, 6.07) is 8.72. The Morgan fingerprint density at radius 1 is 1.00 bits per heavy atom. The zero-order valence-corrected chi connectivity index (χ0v) is 20.1. The molecule has 0 saturated carbocycles. The maximum absolute atomic E-state index is 12.7. The molecule has 0 radical (unpaired) electrons. The van der Waals surface area contributed by atoms with Gasteiger partial charge in [-0.2, -0.15) is 0 Å². The van der Waals surface area contributed by atoms with Gasteiger partial charge in [0.2, 0.25) is 10.0 Å². The molecule has 0 aliphatic carbocycles. The lowest BCUT2D eigenvalue weighted by Crippen LogP contribution is -2.14. The minimum atomic E-state index is -4.02. The molecular weight excluding hydrogens is 495 g/mol. The average Bonchev–Trinajstić information content (AvgIpc) is 3.24. The number of halogens is 2. The number of carbonyl (C=O) groups excluding carboxylic acids is 1. The van der Waals surface area contributed by atoms with E-state index in [9.17, 15) is 13.2 Å². The number of amides is 1. The first-order chi connectivity index (χ1) is 15.6. The fourth-order valence-corrected chi connectivity index (χ4v) is 4.31. The molecule has 0 atom stereocenters. The van der Waals surface area contributed by atoms with Crippen LogP contribution < -0.4 is 24.7 Å². The minimum absolute atomic E-state index is 0.0147. The number of methoxy groups -OCH3 is 3. The van der Waals surface area contributed by atoms with Crippen LogP contribution in [0, 0.1) is 0 Å². The van der Waals surface area contributed by atoms with Crippen molar-refractivity contribution >= 4 is 44.8 Å². The Kier molecular flexibility index (Phi) is 7.43. The highest BCUT2D eigenvalue weighted by molar-refractivity contribution is 7.89. The number of rotatable bonds is 8. The number of nitrogens with one attached hydrogen (secondary N) is 1. The van der Waals surface area contributed by atoms with Gasteiger partial charge < -0.3 is 23.9 Å². The van der Waals surface area contributed by atoms with Crippen molar-refractivity contribution in [2.24, 2.45) is 5.14 Å². The van der Waals surface area contributed by atoms with Gasteiger partial charge in [-0.15, -0.1) is 0 Å².